The zero-order valence-electron chi connectivity index (χ0n) is 36.1. The third-order valence-corrected chi connectivity index (χ3v) is 17.0. The van der Waals surface area contributed by atoms with Crippen molar-refractivity contribution in [3.8, 4) is 51.0 Å². The van der Waals surface area contributed by atoms with Crippen LogP contribution in [0.25, 0.3) is 144 Å². The lowest BCUT2D eigenvalue weighted by Gasteiger charge is -2.16. The summed E-state index contributed by atoms with van der Waals surface area (Å²) >= 11 is 5.46. The lowest BCUT2D eigenvalue weighted by molar-refractivity contribution is 1.07. The minimum atomic E-state index is 0.629. The van der Waals surface area contributed by atoms with Gasteiger partial charge in [0.2, 0.25) is 0 Å². The standard InChI is InChI=1S/C61H34N4S3/c1-2-13-36-31-51-49(30-35(36)12-1)40-14-3-7-19-50(40)65(51)39-26-29-46(48(34-39)45-18-11-23-55-58(45)47-17-6-10-22-54(47)66-55)61-63-59(37-24-27-43-41-15-4-8-20-52(41)67-56(43)32-37)62-60(64-61)38-25-28-44-42-16-5-9-21-53(42)68-57(44)33-38/h1-34H. The highest BCUT2D eigenvalue weighted by Crippen LogP contribution is 2.45. The van der Waals surface area contributed by atoms with Gasteiger partial charge in [0.25, 0.3) is 0 Å². The van der Waals surface area contributed by atoms with Crippen LogP contribution < -0.4 is 0 Å². The number of nitrogens with zero attached hydrogens (tertiary/aromatic N) is 4. The Balaban J connectivity index is 1.01. The normalized spacial score (nSPS) is 12.1. The molecule has 0 radical (unpaired) electrons. The molecule has 4 nitrogen and oxygen atoms in total. The molecular formula is C61H34N4S3. The van der Waals surface area contributed by atoms with Crippen LogP contribution in [0.1, 0.15) is 0 Å². The molecular weight excluding hydrogens is 885 g/mol. The van der Waals surface area contributed by atoms with Crippen molar-refractivity contribution in [3.63, 3.8) is 0 Å². The molecule has 0 aliphatic carbocycles. The second kappa shape index (κ2) is 14.7. The highest BCUT2D eigenvalue weighted by atomic mass is 32.1. The summed E-state index contributed by atoms with van der Waals surface area (Å²) in [6.07, 6.45) is 0. The molecule has 0 saturated carbocycles. The van der Waals surface area contributed by atoms with Crippen LogP contribution in [0.15, 0.2) is 206 Å². The molecule has 0 fully saturated rings. The van der Waals surface area contributed by atoms with Crippen LogP contribution in [0.5, 0.6) is 0 Å². The lowest BCUT2D eigenvalue weighted by atomic mass is 9.94. The number of rotatable bonds is 5. The summed E-state index contributed by atoms with van der Waals surface area (Å²) in [6.45, 7) is 0. The van der Waals surface area contributed by atoms with Gasteiger partial charge in [-0.1, -0.05) is 133 Å². The number of fused-ring (bicyclic) bond motifs is 13. The molecule has 0 amide bonds. The first kappa shape index (κ1) is 38.1. The maximum Gasteiger partial charge on any atom is 0.164 e. The van der Waals surface area contributed by atoms with E-state index in [1.54, 1.807) is 0 Å². The molecule has 0 aliphatic rings. The Bertz CT molecular complexity index is 4460. The number of benzene rings is 10. The van der Waals surface area contributed by atoms with E-state index < -0.39 is 0 Å². The van der Waals surface area contributed by atoms with Crippen molar-refractivity contribution in [2.24, 2.45) is 0 Å². The summed E-state index contributed by atoms with van der Waals surface area (Å²) in [4.78, 5) is 16.3. The van der Waals surface area contributed by atoms with Crippen LogP contribution in [-0.4, -0.2) is 19.5 Å². The molecule has 15 rings (SSSR count). The van der Waals surface area contributed by atoms with Gasteiger partial charge in [0.05, 0.1) is 11.0 Å². The number of para-hydroxylation sites is 1. The van der Waals surface area contributed by atoms with E-state index in [1.807, 2.05) is 34.0 Å². The summed E-state index contributed by atoms with van der Waals surface area (Å²) in [6, 6.07) is 75.1. The van der Waals surface area contributed by atoms with Gasteiger partial charge in [0.1, 0.15) is 0 Å². The minimum absolute atomic E-state index is 0.629. The Morgan fingerprint density at radius 2 is 0.824 bits per heavy atom. The van der Waals surface area contributed by atoms with E-state index in [4.69, 9.17) is 15.0 Å². The Morgan fingerprint density at radius 1 is 0.294 bits per heavy atom. The van der Waals surface area contributed by atoms with Crippen LogP contribution in [-0.2, 0) is 0 Å². The van der Waals surface area contributed by atoms with Crippen molar-refractivity contribution in [2.75, 3.05) is 0 Å². The third-order valence-electron chi connectivity index (χ3n) is 13.6. The smallest absolute Gasteiger partial charge is 0.164 e. The van der Waals surface area contributed by atoms with Gasteiger partial charge in [0.15, 0.2) is 17.5 Å². The van der Waals surface area contributed by atoms with E-state index in [0.29, 0.717) is 17.5 Å². The first-order valence-electron chi connectivity index (χ1n) is 22.7. The van der Waals surface area contributed by atoms with E-state index in [1.165, 1.54) is 87.6 Å². The largest absolute Gasteiger partial charge is 0.309 e. The van der Waals surface area contributed by atoms with Gasteiger partial charge in [-0.05, 0) is 94.7 Å². The first-order valence-corrected chi connectivity index (χ1v) is 25.2. The SMILES string of the molecule is c1ccc2cc3c(cc2c1)c1ccccc1n3-c1ccc(-c2nc(-c3ccc4c(c3)sc3ccccc34)nc(-c3ccc4c(c3)sc3ccccc34)n2)c(-c2cccc3sc4ccccc4c23)c1. The van der Waals surface area contributed by atoms with Gasteiger partial charge in [0, 0.05) is 93.7 Å². The molecule has 68 heavy (non-hydrogen) atoms. The highest BCUT2D eigenvalue weighted by molar-refractivity contribution is 7.26. The molecule has 0 aliphatic heterocycles. The summed E-state index contributed by atoms with van der Waals surface area (Å²) in [5.41, 5.74) is 8.46. The minimum Gasteiger partial charge on any atom is -0.309 e. The topological polar surface area (TPSA) is 43.6 Å². The molecule has 0 unspecified atom stereocenters. The van der Waals surface area contributed by atoms with E-state index in [9.17, 15) is 0 Å². The molecule has 0 N–H and O–H groups in total. The van der Waals surface area contributed by atoms with Crippen molar-refractivity contribution < 1.29 is 0 Å². The number of hydrogen-bond donors (Lipinski definition) is 0. The zero-order chi connectivity index (χ0) is 44.5. The van der Waals surface area contributed by atoms with E-state index in [0.717, 1.165) is 39.0 Å². The quantitative estimate of drug-likeness (QED) is 0.173. The molecule has 7 heteroatoms. The summed E-state index contributed by atoms with van der Waals surface area (Å²) in [5, 5.41) is 12.4. The molecule has 5 heterocycles. The maximum absolute atomic E-state index is 5.48. The van der Waals surface area contributed by atoms with Crippen molar-refractivity contribution in [1.82, 2.24) is 19.5 Å². The predicted molar refractivity (Wildman–Crippen MR) is 292 cm³/mol. The van der Waals surface area contributed by atoms with Crippen LogP contribution in [0.3, 0.4) is 0 Å². The average molecular weight is 919 g/mol. The summed E-state index contributed by atoms with van der Waals surface area (Å²) in [7, 11) is 0. The molecule has 0 atom stereocenters. The number of aromatic nitrogens is 4. The molecule has 10 aromatic carbocycles. The van der Waals surface area contributed by atoms with E-state index in [2.05, 4.69) is 211 Å². The number of hydrogen-bond acceptors (Lipinski definition) is 6. The summed E-state index contributed by atoms with van der Waals surface area (Å²) < 4.78 is 9.89. The monoisotopic (exact) mass is 918 g/mol. The van der Waals surface area contributed by atoms with Crippen molar-refractivity contribution in [3.05, 3.63) is 206 Å². The maximum atomic E-state index is 5.48. The molecule has 0 saturated heterocycles. The Hall–Kier alpha value is -8.07. The molecule has 0 bridgehead atoms. The first-order chi connectivity index (χ1) is 33.7. The molecule has 316 valence electrons. The van der Waals surface area contributed by atoms with Crippen molar-refractivity contribution >= 4 is 127 Å². The van der Waals surface area contributed by atoms with Crippen LogP contribution >= 0.6 is 34.0 Å². The zero-order valence-corrected chi connectivity index (χ0v) is 38.6. The van der Waals surface area contributed by atoms with Gasteiger partial charge in [-0.25, -0.2) is 15.0 Å². The number of thiophene rings is 3. The molecule has 5 aromatic heterocycles. The summed E-state index contributed by atoms with van der Waals surface area (Å²) in [5.74, 6) is 1.91. The van der Waals surface area contributed by atoms with Gasteiger partial charge in [-0.3, -0.25) is 0 Å². The highest BCUT2D eigenvalue weighted by Gasteiger charge is 2.22. The Labute approximate surface area is 401 Å². The second-order valence-corrected chi connectivity index (χ2v) is 20.8. The fraction of sp³-hybridized carbons (Fsp3) is 0. The van der Waals surface area contributed by atoms with Gasteiger partial charge < -0.3 is 4.57 Å². The Kier molecular flexibility index (Phi) is 8.24. The molecule has 0 spiro atoms. The van der Waals surface area contributed by atoms with Crippen LogP contribution in [0.4, 0.5) is 0 Å². The molecule has 15 aromatic rings. The van der Waals surface area contributed by atoms with Crippen molar-refractivity contribution in [1.29, 1.82) is 0 Å². The van der Waals surface area contributed by atoms with Crippen molar-refractivity contribution in [2.45, 2.75) is 0 Å². The fourth-order valence-electron chi connectivity index (χ4n) is 10.5. The fourth-order valence-corrected chi connectivity index (χ4v) is 13.9. The van der Waals surface area contributed by atoms with E-state index in [-0.39, 0.29) is 0 Å². The lowest BCUT2D eigenvalue weighted by Crippen LogP contribution is -2.02. The van der Waals surface area contributed by atoms with Crippen LogP contribution in [0.2, 0.25) is 0 Å². The van der Waals surface area contributed by atoms with Gasteiger partial charge in [-0.2, -0.15) is 0 Å². The van der Waals surface area contributed by atoms with Gasteiger partial charge >= 0.3 is 0 Å². The van der Waals surface area contributed by atoms with Crippen LogP contribution in [0, 0.1) is 0 Å². The average Bonchev–Trinajstić information content (AvgIpc) is 4.16. The third kappa shape index (κ3) is 5.80. The Morgan fingerprint density at radius 3 is 1.51 bits per heavy atom. The predicted octanol–water partition coefficient (Wildman–Crippen LogP) is 17.9. The van der Waals surface area contributed by atoms with E-state index >= 15 is 0 Å². The second-order valence-electron chi connectivity index (χ2n) is 17.5. The van der Waals surface area contributed by atoms with Gasteiger partial charge in [-0.15, -0.1) is 34.0 Å².